The molecule has 2 fully saturated rings. The van der Waals surface area contributed by atoms with Crippen molar-refractivity contribution in [2.45, 2.75) is 87.9 Å². The normalized spacial score (nSPS) is 23.1. The Morgan fingerprint density at radius 3 is 1.38 bits per heavy atom. The third-order valence-electron chi connectivity index (χ3n) is 11.8. The van der Waals surface area contributed by atoms with Crippen LogP contribution in [0.25, 0.3) is 22.3 Å². The Bertz CT molecular complexity index is 1790. The van der Waals surface area contributed by atoms with Crippen LogP contribution < -0.4 is 4.90 Å². The molecule has 0 saturated heterocycles. The topological polar surface area (TPSA) is 3.24 Å². The predicted octanol–water partition coefficient (Wildman–Crippen LogP) is 12.8. The van der Waals surface area contributed by atoms with Gasteiger partial charge in [-0.15, -0.1) is 0 Å². The van der Waals surface area contributed by atoms with E-state index in [0.717, 1.165) is 23.7 Å². The van der Waals surface area contributed by atoms with Gasteiger partial charge in [0.05, 0.1) is 5.69 Å². The Morgan fingerprint density at radius 1 is 0.378 bits per heavy atom. The number of para-hydroxylation sites is 2. The van der Waals surface area contributed by atoms with E-state index in [-0.39, 0.29) is 0 Å². The number of benzene rings is 5. The van der Waals surface area contributed by atoms with Crippen molar-refractivity contribution in [2.24, 2.45) is 0 Å². The quantitative estimate of drug-likeness (QED) is 0.198. The second-order valence-corrected chi connectivity index (χ2v) is 14.2. The fraction of sp³-hybridized carbons (Fsp3) is 0.318. The molecule has 11 rings (SSSR count). The summed E-state index contributed by atoms with van der Waals surface area (Å²) in [7, 11) is 0. The van der Waals surface area contributed by atoms with E-state index in [1.54, 1.807) is 22.3 Å². The first-order valence-corrected chi connectivity index (χ1v) is 17.6. The van der Waals surface area contributed by atoms with Gasteiger partial charge in [-0.05, 0) is 144 Å². The standard InChI is InChI=1S/C44H43N/c1-3-13-37(14-4-1)45(38-15-5-2-6-16-38)44-29-35(34-21-24-39-30-9-7-11-32(19-17-30)42(39)27-34)22-26-41(44)36-23-25-40-31-10-8-12-33(20-18-31)43(40)28-36/h1-6,13-16,21-33H,7-12,17-20H2. The molecule has 1 heteroatoms. The molecular formula is C44H43N. The molecule has 0 aromatic heterocycles. The van der Waals surface area contributed by atoms with Gasteiger partial charge < -0.3 is 4.90 Å². The molecule has 5 aromatic carbocycles. The van der Waals surface area contributed by atoms with Gasteiger partial charge in [-0.25, -0.2) is 0 Å². The summed E-state index contributed by atoms with van der Waals surface area (Å²) in [4.78, 5) is 2.47. The van der Waals surface area contributed by atoms with Crippen molar-refractivity contribution in [2.75, 3.05) is 4.90 Å². The Hall–Kier alpha value is -4.10. The van der Waals surface area contributed by atoms with E-state index in [1.807, 2.05) is 0 Å². The van der Waals surface area contributed by atoms with E-state index in [4.69, 9.17) is 0 Å². The van der Waals surface area contributed by atoms with E-state index in [2.05, 4.69) is 120 Å². The van der Waals surface area contributed by atoms with Gasteiger partial charge in [0.15, 0.2) is 0 Å². The first-order valence-electron chi connectivity index (χ1n) is 17.6. The fourth-order valence-electron chi connectivity index (χ4n) is 9.52. The molecule has 4 atom stereocenters. The smallest absolute Gasteiger partial charge is 0.0546 e. The molecule has 2 saturated carbocycles. The maximum atomic E-state index is 2.57. The first-order chi connectivity index (χ1) is 22.3. The number of hydrogen-bond donors (Lipinski definition) is 0. The largest absolute Gasteiger partial charge is 0.310 e. The lowest BCUT2D eigenvalue weighted by atomic mass is 9.77. The zero-order valence-electron chi connectivity index (χ0n) is 26.3. The summed E-state index contributed by atoms with van der Waals surface area (Å²) in [6.45, 7) is 0. The minimum absolute atomic E-state index is 0.718. The zero-order valence-corrected chi connectivity index (χ0v) is 26.3. The number of nitrogens with zero attached hydrogens (tertiary/aromatic N) is 1. The lowest BCUT2D eigenvalue weighted by Gasteiger charge is -2.31. The van der Waals surface area contributed by atoms with E-state index in [0.29, 0.717) is 0 Å². The second kappa shape index (κ2) is 11.4. The Labute approximate surface area is 269 Å². The number of hydrogen-bond acceptors (Lipinski definition) is 1. The second-order valence-electron chi connectivity index (χ2n) is 14.2. The van der Waals surface area contributed by atoms with Crippen LogP contribution in [0.2, 0.25) is 0 Å². The molecule has 6 aliphatic carbocycles. The van der Waals surface area contributed by atoms with E-state index in [9.17, 15) is 0 Å². The van der Waals surface area contributed by atoms with E-state index in [1.165, 1.54) is 104 Å². The Kier molecular flexibility index (Phi) is 6.87. The summed E-state index contributed by atoms with van der Waals surface area (Å²) in [5, 5.41) is 0. The van der Waals surface area contributed by atoms with Crippen LogP contribution in [0.3, 0.4) is 0 Å². The minimum atomic E-state index is 0.718. The number of rotatable bonds is 5. The van der Waals surface area contributed by atoms with Crippen molar-refractivity contribution in [3.05, 3.63) is 138 Å². The Morgan fingerprint density at radius 2 is 0.822 bits per heavy atom. The first kappa shape index (κ1) is 27.2. The molecule has 5 aromatic rings. The highest BCUT2D eigenvalue weighted by Crippen LogP contribution is 2.51. The predicted molar refractivity (Wildman–Crippen MR) is 189 cm³/mol. The third kappa shape index (κ3) is 4.83. The van der Waals surface area contributed by atoms with Crippen molar-refractivity contribution in [3.63, 3.8) is 0 Å². The summed E-state index contributed by atoms with van der Waals surface area (Å²) in [6.07, 6.45) is 13.6. The molecule has 0 heterocycles. The van der Waals surface area contributed by atoms with Crippen LogP contribution in [0, 0.1) is 0 Å². The molecular weight excluding hydrogens is 542 g/mol. The van der Waals surface area contributed by atoms with Crippen LogP contribution in [-0.2, 0) is 0 Å². The summed E-state index contributed by atoms with van der Waals surface area (Å²) in [5.74, 6) is 2.97. The van der Waals surface area contributed by atoms with Crippen molar-refractivity contribution in [3.8, 4) is 22.3 Å². The lowest BCUT2D eigenvalue weighted by Crippen LogP contribution is -2.13. The maximum absolute atomic E-state index is 2.57. The van der Waals surface area contributed by atoms with Crippen LogP contribution in [0.5, 0.6) is 0 Å². The van der Waals surface area contributed by atoms with E-state index >= 15 is 0 Å². The zero-order chi connectivity index (χ0) is 29.7. The highest BCUT2D eigenvalue weighted by Gasteiger charge is 2.32. The van der Waals surface area contributed by atoms with Crippen molar-refractivity contribution >= 4 is 17.1 Å². The van der Waals surface area contributed by atoms with Gasteiger partial charge in [0, 0.05) is 16.9 Å². The maximum Gasteiger partial charge on any atom is 0.0546 e. The van der Waals surface area contributed by atoms with Gasteiger partial charge in [-0.2, -0.15) is 0 Å². The van der Waals surface area contributed by atoms with Crippen LogP contribution in [0.4, 0.5) is 17.1 Å². The van der Waals surface area contributed by atoms with Gasteiger partial charge in [0.2, 0.25) is 0 Å². The SMILES string of the molecule is c1ccc(N(c2ccccc2)c2cc(-c3ccc4c(c3)C3CCCC4CC3)ccc2-c2ccc3c(c2)C2CCCC3CC2)cc1. The minimum Gasteiger partial charge on any atom is -0.310 e. The molecule has 6 aliphatic rings. The van der Waals surface area contributed by atoms with E-state index < -0.39 is 0 Å². The molecule has 4 bridgehead atoms. The third-order valence-corrected chi connectivity index (χ3v) is 11.8. The molecule has 224 valence electrons. The average molecular weight is 586 g/mol. The lowest BCUT2D eigenvalue weighted by molar-refractivity contribution is 0.527. The fourth-order valence-corrected chi connectivity index (χ4v) is 9.52. The summed E-state index contributed by atoms with van der Waals surface area (Å²) in [5.41, 5.74) is 15.5. The summed E-state index contributed by atoms with van der Waals surface area (Å²) in [6, 6.07) is 44.1. The summed E-state index contributed by atoms with van der Waals surface area (Å²) < 4.78 is 0. The highest BCUT2D eigenvalue weighted by atomic mass is 15.1. The molecule has 4 unspecified atom stereocenters. The van der Waals surface area contributed by atoms with Gasteiger partial charge in [-0.1, -0.05) is 97.8 Å². The molecule has 1 nitrogen and oxygen atoms in total. The van der Waals surface area contributed by atoms with Gasteiger partial charge in [0.25, 0.3) is 0 Å². The molecule has 0 spiro atoms. The monoisotopic (exact) mass is 585 g/mol. The van der Waals surface area contributed by atoms with Crippen LogP contribution in [-0.4, -0.2) is 0 Å². The molecule has 0 aliphatic heterocycles. The highest BCUT2D eigenvalue weighted by molar-refractivity contribution is 5.91. The van der Waals surface area contributed by atoms with Crippen LogP contribution in [0.1, 0.15) is 110 Å². The van der Waals surface area contributed by atoms with Crippen LogP contribution >= 0.6 is 0 Å². The molecule has 0 amide bonds. The average Bonchev–Trinajstić information content (AvgIpc) is 3.63. The van der Waals surface area contributed by atoms with Crippen molar-refractivity contribution < 1.29 is 0 Å². The van der Waals surface area contributed by atoms with Gasteiger partial charge in [0.1, 0.15) is 0 Å². The van der Waals surface area contributed by atoms with Gasteiger partial charge in [-0.3, -0.25) is 0 Å². The summed E-state index contributed by atoms with van der Waals surface area (Å²) >= 11 is 0. The number of anilines is 3. The van der Waals surface area contributed by atoms with Gasteiger partial charge >= 0.3 is 0 Å². The number of fused-ring (bicyclic) bond motifs is 6. The van der Waals surface area contributed by atoms with Crippen LogP contribution in [0.15, 0.2) is 115 Å². The van der Waals surface area contributed by atoms with Crippen molar-refractivity contribution in [1.82, 2.24) is 0 Å². The Balaban J connectivity index is 1.23. The molecule has 0 N–H and O–H groups in total. The molecule has 45 heavy (non-hydrogen) atoms. The van der Waals surface area contributed by atoms with Crippen molar-refractivity contribution in [1.29, 1.82) is 0 Å². The molecule has 0 radical (unpaired) electrons.